The summed E-state index contributed by atoms with van der Waals surface area (Å²) in [7, 11) is 0. The third-order valence-corrected chi connectivity index (χ3v) is 4.79. The number of rotatable bonds is 7. The summed E-state index contributed by atoms with van der Waals surface area (Å²) in [6.45, 7) is 2.25. The van der Waals surface area contributed by atoms with Gasteiger partial charge in [-0.25, -0.2) is 4.79 Å². The van der Waals surface area contributed by atoms with E-state index in [1.165, 1.54) is 0 Å². The maximum absolute atomic E-state index is 12.5. The van der Waals surface area contributed by atoms with E-state index in [1.54, 1.807) is 0 Å². The monoisotopic (exact) mass is 400 g/mol. The molecule has 6 nitrogen and oxygen atoms in total. The number of hydrogen-bond donors (Lipinski definition) is 3. The molecule has 0 saturated carbocycles. The van der Waals surface area contributed by atoms with E-state index in [4.69, 9.17) is 5.26 Å². The molecule has 3 N–H and O–H groups in total. The minimum Gasteiger partial charge on any atom is -0.341 e. The lowest BCUT2D eigenvalue weighted by Crippen LogP contribution is -2.51. The number of nitriles is 1. The van der Waals surface area contributed by atoms with Crippen molar-refractivity contribution in [1.82, 2.24) is 16.0 Å². The van der Waals surface area contributed by atoms with Gasteiger partial charge in [-0.1, -0.05) is 72.3 Å². The van der Waals surface area contributed by atoms with Crippen LogP contribution in [0.3, 0.4) is 0 Å². The van der Waals surface area contributed by atoms with Crippen molar-refractivity contribution in [3.05, 3.63) is 83.4 Å². The molecule has 0 aromatic heterocycles. The summed E-state index contributed by atoms with van der Waals surface area (Å²) in [4.78, 5) is 24.9. The second kappa shape index (κ2) is 10.1. The zero-order valence-corrected chi connectivity index (χ0v) is 16.8. The van der Waals surface area contributed by atoms with Crippen LogP contribution in [0.2, 0.25) is 0 Å². The molecule has 0 spiro atoms. The largest absolute Gasteiger partial charge is 0.341 e. The molecule has 0 aliphatic rings. The van der Waals surface area contributed by atoms with Gasteiger partial charge in [0.25, 0.3) is 0 Å². The zero-order valence-electron chi connectivity index (χ0n) is 16.8. The minimum atomic E-state index is -0.794. The van der Waals surface area contributed by atoms with Gasteiger partial charge in [-0.2, -0.15) is 5.26 Å². The molecule has 0 radical (unpaired) electrons. The van der Waals surface area contributed by atoms with Gasteiger partial charge in [-0.15, -0.1) is 0 Å². The maximum atomic E-state index is 12.5. The molecular weight excluding hydrogens is 376 g/mol. The third-order valence-electron chi connectivity index (χ3n) is 4.79. The lowest BCUT2D eigenvalue weighted by atomic mass is 10.0. The molecular formula is C24H24N4O2. The van der Waals surface area contributed by atoms with Gasteiger partial charge >= 0.3 is 6.03 Å². The summed E-state index contributed by atoms with van der Waals surface area (Å²) in [5.74, 6) is -0.393. The van der Waals surface area contributed by atoms with Gasteiger partial charge in [-0.05, 0) is 28.8 Å². The second-order valence-corrected chi connectivity index (χ2v) is 7.13. The lowest BCUT2D eigenvalue weighted by Gasteiger charge is -2.19. The molecule has 30 heavy (non-hydrogen) atoms. The summed E-state index contributed by atoms with van der Waals surface area (Å²) in [6.07, 6.45) is 0.319. The molecule has 0 saturated heterocycles. The summed E-state index contributed by atoms with van der Waals surface area (Å²) < 4.78 is 0. The van der Waals surface area contributed by atoms with Gasteiger partial charge in [0.15, 0.2) is 0 Å². The van der Waals surface area contributed by atoms with Crippen LogP contribution in [0.4, 0.5) is 4.79 Å². The van der Waals surface area contributed by atoms with Crippen molar-refractivity contribution in [2.75, 3.05) is 6.54 Å². The van der Waals surface area contributed by atoms with Crippen LogP contribution in [0, 0.1) is 18.3 Å². The Bertz CT molecular complexity index is 1070. The van der Waals surface area contributed by atoms with Crippen molar-refractivity contribution in [1.29, 1.82) is 5.26 Å². The average molecular weight is 400 g/mol. The molecule has 0 aliphatic heterocycles. The number of carbonyl (C=O) groups excluding carboxylic acids is 2. The Labute approximate surface area is 175 Å². The van der Waals surface area contributed by atoms with Crippen molar-refractivity contribution in [2.24, 2.45) is 0 Å². The first-order chi connectivity index (χ1) is 14.5. The molecule has 3 rings (SSSR count). The molecule has 3 amide bonds. The lowest BCUT2D eigenvalue weighted by molar-refractivity contribution is -0.122. The highest BCUT2D eigenvalue weighted by molar-refractivity contribution is 5.88. The summed E-state index contributed by atoms with van der Waals surface area (Å²) in [5.41, 5.74) is 3.04. The predicted octanol–water partition coefficient (Wildman–Crippen LogP) is 3.20. The normalized spacial score (nSPS) is 11.3. The summed E-state index contributed by atoms with van der Waals surface area (Å²) in [6, 6.07) is 22.4. The molecule has 3 aromatic carbocycles. The van der Waals surface area contributed by atoms with Crippen LogP contribution in [0.25, 0.3) is 10.8 Å². The number of fused-ring (bicyclic) bond motifs is 1. The molecule has 6 heteroatoms. The van der Waals surface area contributed by atoms with E-state index in [2.05, 4.69) is 16.0 Å². The van der Waals surface area contributed by atoms with Crippen LogP contribution < -0.4 is 16.0 Å². The maximum Gasteiger partial charge on any atom is 0.315 e. The molecule has 1 unspecified atom stereocenters. The Morgan fingerprint density at radius 2 is 1.63 bits per heavy atom. The van der Waals surface area contributed by atoms with Gasteiger partial charge in [-0.3, -0.25) is 4.79 Å². The highest BCUT2D eigenvalue weighted by Crippen LogP contribution is 2.16. The summed E-state index contributed by atoms with van der Waals surface area (Å²) in [5, 5.41) is 19.0. The number of benzene rings is 3. The smallest absolute Gasteiger partial charge is 0.315 e. The van der Waals surface area contributed by atoms with Crippen molar-refractivity contribution in [3.63, 3.8) is 0 Å². The van der Waals surface area contributed by atoms with Crippen LogP contribution in [-0.4, -0.2) is 24.5 Å². The SMILES string of the molecule is Cc1ccc(CNC(=O)NC(Cc2ccc3ccccc3c2)C(=O)NCC#N)cc1. The topological polar surface area (TPSA) is 94.0 Å². The Morgan fingerprint density at radius 3 is 2.37 bits per heavy atom. The van der Waals surface area contributed by atoms with E-state index < -0.39 is 18.0 Å². The Balaban J connectivity index is 1.67. The zero-order chi connectivity index (χ0) is 21.3. The molecule has 152 valence electrons. The first kappa shape index (κ1) is 20.9. The minimum absolute atomic E-state index is 0.111. The fourth-order valence-electron chi connectivity index (χ4n) is 3.16. The van der Waals surface area contributed by atoms with Crippen molar-refractivity contribution >= 4 is 22.7 Å². The Morgan fingerprint density at radius 1 is 0.933 bits per heavy atom. The highest BCUT2D eigenvalue weighted by atomic mass is 16.2. The predicted molar refractivity (Wildman–Crippen MR) is 117 cm³/mol. The molecule has 0 heterocycles. The average Bonchev–Trinajstić information content (AvgIpc) is 2.76. The first-order valence-electron chi connectivity index (χ1n) is 9.77. The van der Waals surface area contributed by atoms with Crippen molar-refractivity contribution in [2.45, 2.75) is 25.9 Å². The molecule has 1 atom stereocenters. The van der Waals surface area contributed by atoms with Gasteiger partial charge in [0.05, 0.1) is 6.07 Å². The van der Waals surface area contributed by atoms with Crippen molar-refractivity contribution in [3.8, 4) is 6.07 Å². The number of nitrogens with zero attached hydrogens (tertiary/aromatic N) is 1. The number of nitrogens with one attached hydrogen (secondary N) is 3. The number of carbonyl (C=O) groups is 2. The van der Waals surface area contributed by atoms with Crippen molar-refractivity contribution < 1.29 is 9.59 Å². The Kier molecular flexibility index (Phi) is 7.01. The second-order valence-electron chi connectivity index (χ2n) is 7.13. The molecule has 0 bridgehead atoms. The quantitative estimate of drug-likeness (QED) is 0.532. The fourth-order valence-corrected chi connectivity index (χ4v) is 3.16. The molecule has 0 fully saturated rings. The Hall–Kier alpha value is -3.85. The fraction of sp³-hybridized carbons (Fsp3) is 0.208. The van der Waals surface area contributed by atoms with E-state index in [9.17, 15) is 9.59 Å². The van der Waals surface area contributed by atoms with E-state index in [0.717, 1.165) is 27.5 Å². The first-order valence-corrected chi connectivity index (χ1v) is 9.77. The van der Waals surface area contributed by atoms with E-state index in [1.807, 2.05) is 79.7 Å². The highest BCUT2D eigenvalue weighted by Gasteiger charge is 2.21. The van der Waals surface area contributed by atoms with E-state index in [-0.39, 0.29) is 6.54 Å². The van der Waals surface area contributed by atoms with Crippen LogP contribution in [0.15, 0.2) is 66.7 Å². The number of hydrogen-bond acceptors (Lipinski definition) is 3. The molecule has 0 aliphatic carbocycles. The molecule has 3 aromatic rings. The summed E-state index contributed by atoms with van der Waals surface area (Å²) >= 11 is 0. The number of aryl methyl sites for hydroxylation is 1. The van der Waals surface area contributed by atoms with Crippen LogP contribution in [0.1, 0.15) is 16.7 Å². The third kappa shape index (κ3) is 5.82. The van der Waals surface area contributed by atoms with Crippen LogP contribution in [-0.2, 0) is 17.8 Å². The number of amides is 3. The van der Waals surface area contributed by atoms with E-state index in [0.29, 0.717) is 13.0 Å². The van der Waals surface area contributed by atoms with Crippen LogP contribution >= 0.6 is 0 Å². The van der Waals surface area contributed by atoms with Gasteiger partial charge in [0, 0.05) is 13.0 Å². The standard InChI is InChI=1S/C24H24N4O2/c1-17-6-8-18(9-7-17)16-27-24(30)28-22(23(29)26-13-12-25)15-19-10-11-20-4-2-3-5-21(20)14-19/h2-11,14,22H,13,15-16H2,1H3,(H,26,29)(H2,27,28,30). The van der Waals surface area contributed by atoms with E-state index >= 15 is 0 Å². The van der Waals surface area contributed by atoms with Gasteiger partial charge < -0.3 is 16.0 Å². The number of urea groups is 1. The van der Waals surface area contributed by atoms with Gasteiger partial charge in [0.2, 0.25) is 5.91 Å². The van der Waals surface area contributed by atoms with Gasteiger partial charge in [0.1, 0.15) is 12.6 Å². The van der Waals surface area contributed by atoms with Crippen LogP contribution in [0.5, 0.6) is 0 Å².